The van der Waals surface area contributed by atoms with Crippen LogP contribution in [0.5, 0.6) is 5.75 Å². The molecule has 2 aromatic carbocycles. The largest absolute Gasteiger partial charge is 0.496 e. The molecule has 3 aromatic rings. The third-order valence-corrected chi connectivity index (χ3v) is 3.93. The second-order valence-corrected chi connectivity index (χ2v) is 5.40. The van der Waals surface area contributed by atoms with E-state index in [4.69, 9.17) is 4.74 Å². The number of ether oxygens (including phenoxy) is 1. The monoisotopic (exact) mass is 347 g/mol. The number of benzene rings is 2. The molecule has 0 atom stereocenters. The second-order valence-electron chi connectivity index (χ2n) is 4.54. The van der Waals surface area contributed by atoms with Gasteiger partial charge in [-0.2, -0.15) is 0 Å². The Hall–Kier alpha value is -2.14. The molecule has 3 nitrogen and oxygen atoms in total. The highest BCUT2D eigenvalue weighted by molar-refractivity contribution is 9.10. The highest BCUT2D eigenvalue weighted by Gasteiger charge is 2.17. The van der Waals surface area contributed by atoms with Crippen molar-refractivity contribution >= 4 is 32.6 Å². The van der Waals surface area contributed by atoms with Gasteiger partial charge in [-0.1, -0.05) is 6.07 Å². The minimum absolute atomic E-state index is 0.241. The van der Waals surface area contributed by atoms with E-state index in [-0.39, 0.29) is 5.78 Å². The van der Waals surface area contributed by atoms with Gasteiger partial charge in [-0.15, -0.1) is 0 Å². The zero-order valence-electron chi connectivity index (χ0n) is 11.1. The van der Waals surface area contributed by atoms with Crippen molar-refractivity contribution in [3.63, 3.8) is 0 Å². The Morgan fingerprint density at radius 3 is 2.81 bits per heavy atom. The van der Waals surface area contributed by atoms with Crippen molar-refractivity contribution in [1.82, 2.24) is 4.98 Å². The van der Waals surface area contributed by atoms with Crippen LogP contribution in [0.4, 0.5) is 4.39 Å². The Bertz CT molecular complexity index is 841. The average molecular weight is 348 g/mol. The number of H-pyrrole nitrogens is 1. The van der Waals surface area contributed by atoms with Crippen molar-refractivity contribution in [1.29, 1.82) is 0 Å². The van der Waals surface area contributed by atoms with E-state index in [1.54, 1.807) is 37.4 Å². The molecule has 0 aliphatic rings. The summed E-state index contributed by atoms with van der Waals surface area (Å²) >= 11 is 3.34. The van der Waals surface area contributed by atoms with Crippen LogP contribution in [0.15, 0.2) is 47.1 Å². The normalized spacial score (nSPS) is 10.8. The number of hydrogen-bond acceptors (Lipinski definition) is 2. The third-order valence-electron chi connectivity index (χ3n) is 3.31. The van der Waals surface area contributed by atoms with E-state index in [0.717, 1.165) is 0 Å². The van der Waals surface area contributed by atoms with Crippen LogP contribution in [0.1, 0.15) is 15.9 Å². The number of nitrogens with one attached hydrogen (secondary N) is 1. The van der Waals surface area contributed by atoms with Crippen LogP contribution in [0.2, 0.25) is 0 Å². The molecule has 0 saturated carbocycles. The SMILES string of the molecule is COc1ccc(C(=O)c2c[nH]c3cccc(F)c23)cc1Br. The lowest BCUT2D eigenvalue weighted by atomic mass is 10.0. The molecule has 106 valence electrons. The summed E-state index contributed by atoms with van der Waals surface area (Å²) in [6, 6.07) is 9.71. The summed E-state index contributed by atoms with van der Waals surface area (Å²) < 4.78 is 19.8. The number of aromatic nitrogens is 1. The van der Waals surface area contributed by atoms with E-state index >= 15 is 0 Å². The van der Waals surface area contributed by atoms with Gasteiger partial charge < -0.3 is 9.72 Å². The zero-order valence-corrected chi connectivity index (χ0v) is 12.7. The second kappa shape index (κ2) is 5.33. The van der Waals surface area contributed by atoms with Gasteiger partial charge in [-0.05, 0) is 46.3 Å². The molecule has 0 radical (unpaired) electrons. The molecule has 3 rings (SSSR count). The lowest BCUT2D eigenvalue weighted by Crippen LogP contribution is -2.01. The molecule has 0 aliphatic heterocycles. The Kier molecular flexibility index (Phi) is 3.51. The molecule has 0 unspecified atom stereocenters. The standard InChI is InChI=1S/C16H11BrFNO2/c1-21-14-6-5-9(7-11(14)17)16(20)10-8-19-13-4-2-3-12(18)15(10)13/h2-8,19H,1H3. The number of rotatable bonds is 3. The number of ketones is 1. The summed E-state index contributed by atoms with van der Waals surface area (Å²) in [4.78, 5) is 15.5. The number of halogens is 2. The summed E-state index contributed by atoms with van der Waals surface area (Å²) in [7, 11) is 1.55. The topological polar surface area (TPSA) is 42.1 Å². The molecule has 1 heterocycles. The first-order valence-electron chi connectivity index (χ1n) is 6.25. The summed E-state index contributed by atoms with van der Waals surface area (Å²) in [6.07, 6.45) is 1.54. The van der Waals surface area contributed by atoms with Gasteiger partial charge >= 0.3 is 0 Å². The van der Waals surface area contributed by atoms with Crippen molar-refractivity contribution in [2.45, 2.75) is 0 Å². The Morgan fingerprint density at radius 2 is 2.10 bits per heavy atom. The van der Waals surface area contributed by atoms with E-state index in [1.807, 2.05) is 0 Å². The summed E-state index contributed by atoms with van der Waals surface area (Å²) in [5.41, 5.74) is 1.39. The summed E-state index contributed by atoms with van der Waals surface area (Å²) in [5, 5.41) is 0.314. The van der Waals surface area contributed by atoms with E-state index in [1.165, 1.54) is 12.3 Å². The van der Waals surface area contributed by atoms with Crippen molar-refractivity contribution in [2.75, 3.05) is 7.11 Å². The van der Waals surface area contributed by atoms with Gasteiger partial charge in [0.2, 0.25) is 0 Å². The zero-order chi connectivity index (χ0) is 15.0. The van der Waals surface area contributed by atoms with Crippen molar-refractivity contribution in [3.8, 4) is 5.75 Å². The van der Waals surface area contributed by atoms with E-state index in [0.29, 0.717) is 32.3 Å². The Balaban J connectivity index is 2.11. The molecule has 0 bridgehead atoms. The molecule has 0 fully saturated rings. The summed E-state index contributed by atoms with van der Waals surface area (Å²) in [6.45, 7) is 0. The van der Waals surface area contributed by atoms with E-state index in [9.17, 15) is 9.18 Å². The van der Waals surface area contributed by atoms with Gasteiger partial charge in [0, 0.05) is 22.7 Å². The van der Waals surface area contributed by atoms with Gasteiger partial charge in [0.1, 0.15) is 11.6 Å². The molecule has 0 aliphatic carbocycles. The predicted molar refractivity (Wildman–Crippen MR) is 82.4 cm³/mol. The van der Waals surface area contributed by atoms with E-state index in [2.05, 4.69) is 20.9 Å². The molecular weight excluding hydrogens is 337 g/mol. The fourth-order valence-electron chi connectivity index (χ4n) is 2.28. The molecule has 0 spiro atoms. The molecular formula is C16H11BrFNO2. The van der Waals surface area contributed by atoms with Crippen molar-refractivity contribution in [2.24, 2.45) is 0 Å². The number of hydrogen-bond donors (Lipinski definition) is 1. The van der Waals surface area contributed by atoms with Gasteiger partial charge in [0.25, 0.3) is 0 Å². The third kappa shape index (κ3) is 2.34. The minimum atomic E-state index is -0.412. The minimum Gasteiger partial charge on any atom is -0.496 e. The van der Waals surface area contributed by atoms with Crippen LogP contribution in [0.25, 0.3) is 10.9 Å². The van der Waals surface area contributed by atoms with Gasteiger partial charge in [0.15, 0.2) is 5.78 Å². The highest BCUT2D eigenvalue weighted by atomic mass is 79.9. The lowest BCUT2D eigenvalue weighted by molar-refractivity contribution is 0.104. The van der Waals surface area contributed by atoms with Crippen molar-refractivity contribution < 1.29 is 13.9 Å². The van der Waals surface area contributed by atoms with Crippen LogP contribution in [0, 0.1) is 5.82 Å². The fraction of sp³-hybridized carbons (Fsp3) is 0.0625. The number of carbonyl (C=O) groups is 1. The fourth-order valence-corrected chi connectivity index (χ4v) is 2.82. The van der Waals surface area contributed by atoms with Crippen LogP contribution in [-0.2, 0) is 0 Å². The molecule has 1 aromatic heterocycles. The average Bonchev–Trinajstić information content (AvgIpc) is 2.92. The first-order chi connectivity index (χ1) is 10.1. The van der Waals surface area contributed by atoms with Crippen LogP contribution >= 0.6 is 15.9 Å². The molecule has 0 amide bonds. The molecule has 0 saturated heterocycles. The number of methoxy groups -OCH3 is 1. The van der Waals surface area contributed by atoms with Gasteiger partial charge in [-0.3, -0.25) is 4.79 Å². The quantitative estimate of drug-likeness (QED) is 0.717. The lowest BCUT2D eigenvalue weighted by Gasteiger charge is -2.05. The number of carbonyl (C=O) groups excluding carboxylic acids is 1. The van der Waals surface area contributed by atoms with Gasteiger partial charge in [-0.25, -0.2) is 4.39 Å². The molecule has 5 heteroatoms. The van der Waals surface area contributed by atoms with Crippen molar-refractivity contribution in [3.05, 3.63) is 64.0 Å². The maximum absolute atomic E-state index is 14.0. The maximum Gasteiger partial charge on any atom is 0.195 e. The molecule has 21 heavy (non-hydrogen) atoms. The number of fused-ring (bicyclic) bond motifs is 1. The first kappa shape index (κ1) is 13.8. The Labute approximate surface area is 128 Å². The van der Waals surface area contributed by atoms with E-state index < -0.39 is 5.82 Å². The summed E-state index contributed by atoms with van der Waals surface area (Å²) in [5.74, 6) is -0.0176. The van der Waals surface area contributed by atoms with Gasteiger partial charge in [0.05, 0.1) is 17.1 Å². The first-order valence-corrected chi connectivity index (χ1v) is 7.05. The van der Waals surface area contributed by atoms with Crippen LogP contribution < -0.4 is 4.74 Å². The smallest absolute Gasteiger partial charge is 0.195 e. The Morgan fingerprint density at radius 1 is 1.29 bits per heavy atom. The predicted octanol–water partition coefficient (Wildman–Crippen LogP) is 4.31. The van der Waals surface area contributed by atoms with Crippen LogP contribution in [0.3, 0.4) is 0 Å². The highest BCUT2D eigenvalue weighted by Crippen LogP contribution is 2.28. The maximum atomic E-state index is 14.0. The van der Waals surface area contributed by atoms with Crippen LogP contribution in [-0.4, -0.2) is 17.9 Å². The molecule has 1 N–H and O–H groups in total. The number of aromatic amines is 1.